The molecule has 3 nitrogen and oxygen atoms in total. The maximum Gasteiger partial charge on any atom is 0.228 e. The van der Waals surface area contributed by atoms with E-state index in [2.05, 4.69) is 5.32 Å². The second kappa shape index (κ2) is 4.05. The summed E-state index contributed by atoms with van der Waals surface area (Å²) in [6.45, 7) is 0. The summed E-state index contributed by atoms with van der Waals surface area (Å²) in [7, 11) is 0. The summed E-state index contributed by atoms with van der Waals surface area (Å²) in [5, 5.41) is 11.8. The molecule has 1 N–H and O–H groups in total. The second-order valence-corrected chi connectivity index (χ2v) is 6.30. The van der Waals surface area contributed by atoms with E-state index >= 15 is 0 Å². The molecule has 4 atom stereocenters. The highest BCUT2D eigenvalue weighted by atomic mass is 19.1. The van der Waals surface area contributed by atoms with Gasteiger partial charge in [0.1, 0.15) is 11.9 Å². The fraction of sp³-hybridized carbons (Fsp3) is 0.500. The lowest BCUT2D eigenvalue weighted by molar-refractivity contribution is -0.118. The van der Waals surface area contributed by atoms with Crippen molar-refractivity contribution in [1.82, 2.24) is 0 Å². The van der Waals surface area contributed by atoms with Gasteiger partial charge < -0.3 is 5.32 Å². The van der Waals surface area contributed by atoms with Gasteiger partial charge in [-0.05, 0) is 61.1 Å². The van der Waals surface area contributed by atoms with Crippen LogP contribution in [0.25, 0.3) is 0 Å². The first-order valence-corrected chi connectivity index (χ1v) is 7.19. The van der Waals surface area contributed by atoms with Gasteiger partial charge in [-0.2, -0.15) is 5.26 Å². The third-order valence-corrected chi connectivity index (χ3v) is 5.40. The molecule has 20 heavy (non-hydrogen) atoms. The van der Waals surface area contributed by atoms with Crippen LogP contribution in [0, 0.1) is 46.7 Å². The van der Waals surface area contributed by atoms with Crippen LogP contribution in [0.4, 0.5) is 10.1 Å². The molecule has 0 saturated heterocycles. The van der Waals surface area contributed by atoms with Crippen molar-refractivity contribution in [2.24, 2.45) is 29.6 Å². The number of nitriles is 1. The van der Waals surface area contributed by atoms with Crippen molar-refractivity contribution in [3.63, 3.8) is 0 Å². The first kappa shape index (κ1) is 11.9. The number of rotatable bonds is 2. The molecule has 1 aromatic rings. The van der Waals surface area contributed by atoms with Crippen LogP contribution in [0.2, 0.25) is 0 Å². The Kier molecular flexibility index (Phi) is 2.41. The molecule has 0 heterocycles. The Labute approximate surface area is 116 Å². The van der Waals surface area contributed by atoms with Crippen molar-refractivity contribution in [3.8, 4) is 6.07 Å². The predicted molar refractivity (Wildman–Crippen MR) is 71.0 cm³/mol. The Hall–Kier alpha value is -1.89. The summed E-state index contributed by atoms with van der Waals surface area (Å²) in [5.41, 5.74) is 0.614. The Morgan fingerprint density at radius 2 is 2.00 bits per heavy atom. The molecule has 102 valence electrons. The molecule has 0 spiro atoms. The maximum absolute atomic E-state index is 13.1. The largest absolute Gasteiger partial charge is 0.325 e. The van der Waals surface area contributed by atoms with Crippen LogP contribution in [0.3, 0.4) is 0 Å². The third kappa shape index (κ3) is 1.59. The van der Waals surface area contributed by atoms with Gasteiger partial charge in [0, 0.05) is 5.92 Å². The van der Waals surface area contributed by atoms with Crippen LogP contribution < -0.4 is 5.32 Å². The number of nitrogens with zero attached hydrogens (tertiary/aromatic N) is 1. The molecule has 3 aliphatic rings. The van der Waals surface area contributed by atoms with Crippen molar-refractivity contribution >= 4 is 11.6 Å². The molecule has 2 bridgehead atoms. The fourth-order valence-corrected chi connectivity index (χ4v) is 4.61. The Bertz CT molecular complexity index is 620. The average molecular weight is 270 g/mol. The van der Waals surface area contributed by atoms with Gasteiger partial charge in [0.15, 0.2) is 0 Å². The number of nitrogens with one attached hydrogen (secondary N) is 1. The summed E-state index contributed by atoms with van der Waals surface area (Å²) in [5.74, 6) is 2.30. The molecule has 3 fully saturated rings. The van der Waals surface area contributed by atoms with Gasteiger partial charge in [-0.15, -0.1) is 0 Å². The molecule has 1 amide bonds. The highest BCUT2D eigenvalue weighted by Gasteiger charge is 2.67. The van der Waals surface area contributed by atoms with Crippen LogP contribution in [0.5, 0.6) is 0 Å². The fourth-order valence-electron chi connectivity index (χ4n) is 4.61. The number of hydrogen-bond acceptors (Lipinski definition) is 2. The van der Waals surface area contributed by atoms with Crippen molar-refractivity contribution in [3.05, 3.63) is 29.6 Å². The lowest BCUT2D eigenvalue weighted by atomic mass is 10.0. The van der Waals surface area contributed by atoms with Gasteiger partial charge >= 0.3 is 0 Å². The predicted octanol–water partition coefficient (Wildman–Crippen LogP) is 2.93. The first-order chi connectivity index (χ1) is 9.69. The highest BCUT2D eigenvalue weighted by Crippen LogP contribution is 2.69. The molecule has 4 rings (SSSR count). The van der Waals surface area contributed by atoms with Crippen molar-refractivity contribution < 1.29 is 9.18 Å². The zero-order valence-corrected chi connectivity index (χ0v) is 11.0. The van der Waals surface area contributed by atoms with E-state index < -0.39 is 5.82 Å². The lowest BCUT2D eigenvalue weighted by Gasteiger charge is -2.10. The van der Waals surface area contributed by atoms with Gasteiger partial charge in [0.05, 0.1) is 11.3 Å². The molecule has 3 aliphatic carbocycles. The van der Waals surface area contributed by atoms with Crippen LogP contribution in [-0.4, -0.2) is 5.91 Å². The van der Waals surface area contributed by atoms with Gasteiger partial charge in [-0.25, -0.2) is 4.39 Å². The topological polar surface area (TPSA) is 52.9 Å². The van der Waals surface area contributed by atoms with E-state index in [1.165, 1.54) is 31.4 Å². The average Bonchev–Trinajstić information content (AvgIpc) is 2.89. The first-order valence-electron chi connectivity index (χ1n) is 7.19. The van der Waals surface area contributed by atoms with E-state index in [9.17, 15) is 9.18 Å². The maximum atomic E-state index is 13.1. The zero-order valence-electron chi connectivity index (χ0n) is 11.0. The normalized spacial score (nSPS) is 36.3. The number of hydrogen-bond donors (Lipinski definition) is 1. The monoisotopic (exact) mass is 270 g/mol. The van der Waals surface area contributed by atoms with Crippen LogP contribution in [-0.2, 0) is 4.79 Å². The quantitative estimate of drug-likeness (QED) is 0.898. The van der Waals surface area contributed by atoms with E-state index in [0.717, 1.165) is 17.9 Å². The van der Waals surface area contributed by atoms with E-state index in [0.29, 0.717) is 17.5 Å². The van der Waals surface area contributed by atoms with Gasteiger partial charge in [-0.3, -0.25) is 4.79 Å². The van der Waals surface area contributed by atoms with Gasteiger partial charge in [0.25, 0.3) is 0 Å². The number of amides is 1. The van der Waals surface area contributed by atoms with E-state index in [4.69, 9.17) is 5.26 Å². The Morgan fingerprint density at radius 3 is 2.65 bits per heavy atom. The molecule has 3 saturated carbocycles. The van der Waals surface area contributed by atoms with Gasteiger partial charge in [-0.1, -0.05) is 0 Å². The third-order valence-electron chi connectivity index (χ3n) is 5.40. The molecule has 1 aromatic carbocycles. The lowest BCUT2D eigenvalue weighted by Crippen LogP contribution is -2.19. The number of carbonyl (C=O) groups is 1. The van der Waals surface area contributed by atoms with Crippen molar-refractivity contribution in [2.75, 3.05) is 5.32 Å². The summed E-state index contributed by atoms with van der Waals surface area (Å²) in [4.78, 5) is 12.3. The molecule has 0 aliphatic heterocycles. The number of halogens is 1. The van der Waals surface area contributed by atoms with Crippen molar-refractivity contribution in [2.45, 2.75) is 19.3 Å². The van der Waals surface area contributed by atoms with Gasteiger partial charge in [0.2, 0.25) is 5.91 Å². The van der Waals surface area contributed by atoms with E-state index in [1.54, 1.807) is 0 Å². The smallest absolute Gasteiger partial charge is 0.228 e. The summed E-state index contributed by atoms with van der Waals surface area (Å²) < 4.78 is 13.1. The van der Waals surface area contributed by atoms with Crippen LogP contribution >= 0.6 is 0 Å². The summed E-state index contributed by atoms with van der Waals surface area (Å²) in [6.07, 6.45) is 3.85. The van der Waals surface area contributed by atoms with E-state index in [-0.39, 0.29) is 17.4 Å². The highest BCUT2D eigenvalue weighted by molar-refractivity contribution is 5.96. The number of carbonyl (C=O) groups excluding carboxylic acids is 1. The zero-order chi connectivity index (χ0) is 13.9. The standard InChI is InChI=1S/C16H15FN2O/c17-11-3-4-12(10(6-11)7-18)19-16(20)15-13-8-1-2-9(5-8)14(13)15/h3-4,6,8-9,13-15H,1-2,5H2,(H,19,20). The summed E-state index contributed by atoms with van der Waals surface area (Å²) in [6, 6.07) is 5.83. The van der Waals surface area contributed by atoms with Crippen molar-refractivity contribution in [1.29, 1.82) is 5.26 Å². The van der Waals surface area contributed by atoms with Crippen LogP contribution in [0.1, 0.15) is 24.8 Å². The van der Waals surface area contributed by atoms with Crippen LogP contribution in [0.15, 0.2) is 18.2 Å². The molecule has 4 heteroatoms. The number of anilines is 1. The molecular formula is C16H15FN2O. The molecule has 0 radical (unpaired) electrons. The second-order valence-electron chi connectivity index (χ2n) is 6.30. The molecule has 4 unspecified atom stereocenters. The summed E-state index contributed by atoms with van der Waals surface area (Å²) >= 11 is 0. The molecule has 0 aromatic heterocycles. The Morgan fingerprint density at radius 1 is 1.30 bits per heavy atom. The van der Waals surface area contributed by atoms with E-state index in [1.807, 2.05) is 6.07 Å². The minimum Gasteiger partial charge on any atom is -0.325 e. The SMILES string of the molecule is N#Cc1cc(F)ccc1NC(=O)C1C2C3CCC(C3)C12. The minimum absolute atomic E-state index is 0.0136. The molecular weight excluding hydrogens is 255 g/mol. The minimum atomic E-state index is -0.458. The number of fused-ring (bicyclic) bond motifs is 5. The Balaban J connectivity index is 1.51. The number of benzene rings is 1.